The number of allylic oxidation sites excluding steroid dienone is 5. The topological polar surface area (TPSA) is 38.8 Å². The van der Waals surface area contributed by atoms with Gasteiger partial charge in [-0.1, -0.05) is 66.2 Å². The zero-order valence-electron chi connectivity index (χ0n) is 22.2. The first-order valence-corrected chi connectivity index (χ1v) is 12.9. The second-order valence-corrected chi connectivity index (χ2v) is 10.6. The average Bonchev–Trinajstić information content (AvgIpc) is 3.22. The van der Waals surface area contributed by atoms with Gasteiger partial charge in [0.05, 0.1) is 26.4 Å². The Kier molecular flexibility index (Phi) is 8.60. The molecule has 2 aromatic rings. The quantitative estimate of drug-likeness (QED) is 0.374. The Morgan fingerprint density at radius 1 is 0.833 bits per heavy atom. The summed E-state index contributed by atoms with van der Waals surface area (Å²) in [5.74, 6) is 0.0488. The molecule has 0 unspecified atom stereocenters. The number of likely N-dealkylation sites (N-methyl/N-ethyl adjacent to an activating group) is 1. The van der Waals surface area contributed by atoms with Crippen LogP contribution in [0.1, 0.15) is 50.7 Å². The highest BCUT2D eigenvalue weighted by Crippen LogP contribution is 2.51. The molecule has 2 aliphatic carbocycles. The fraction of sp³-hybridized carbons (Fsp3) is 0.406. The van der Waals surface area contributed by atoms with Gasteiger partial charge < -0.3 is 14.4 Å². The molecule has 4 nitrogen and oxygen atoms in total. The van der Waals surface area contributed by atoms with Gasteiger partial charge in [0.15, 0.2) is 0 Å². The van der Waals surface area contributed by atoms with E-state index in [4.69, 9.17) is 9.47 Å². The number of rotatable bonds is 9. The second kappa shape index (κ2) is 11.9. The second-order valence-electron chi connectivity index (χ2n) is 10.6. The lowest BCUT2D eigenvalue weighted by Gasteiger charge is -2.29. The van der Waals surface area contributed by atoms with Crippen LogP contribution < -0.4 is 0 Å². The minimum Gasteiger partial charge on any atom is -0.376 e. The van der Waals surface area contributed by atoms with E-state index >= 15 is 0 Å². The molecular formula is C32H39NO3. The number of fused-ring (bicyclic) bond motifs is 1. The molecule has 4 heteroatoms. The maximum atomic E-state index is 12.5. The van der Waals surface area contributed by atoms with E-state index in [1.807, 2.05) is 32.3 Å². The monoisotopic (exact) mass is 485 g/mol. The molecule has 2 aliphatic rings. The van der Waals surface area contributed by atoms with E-state index in [1.54, 1.807) is 4.90 Å². The lowest BCUT2D eigenvalue weighted by atomic mass is 9.86. The molecule has 36 heavy (non-hydrogen) atoms. The molecule has 0 saturated heterocycles. The molecule has 0 bridgehead atoms. The van der Waals surface area contributed by atoms with Crippen molar-refractivity contribution in [3.05, 3.63) is 106 Å². The van der Waals surface area contributed by atoms with Crippen LogP contribution in [0.15, 0.2) is 94.6 Å². The molecule has 0 heterocycles. The van der Waals surface area contributed by atoms with Gasteiger partial charge in [-0.15, -0.1) is 0 Å². The van der Waals surface area contributed by atoms with Crippen LogP contribution in [0.5, 0.6) is 0 Å². The van der Waals surface area contributed by atoms with Crippen molar-refractivity contribution in [3.8, 4) is 0 Å². The first-order valence-electron chi connectivity index (χ1n) is 12.9. The van der Waals surface area contributed by atoms with Crippen LogP contribution in [0.25, 0.3) is 0 Å². The van der Waals surface area contributed by atoms with Crippen LogP contribution in [-0.4, -0.2) is 38.1 Å². The molecule has 1 amide bonds. The highest BCUT2D eigenvalue weighted by atomic mass is 16.5. The van der Waals surface area contributed by atoms with Gasteiger partial charge in [0.25, 0.3) is 0 Å². The fourth-order valence-corrected chi connectivity index (χ4v) is 5.27. The Hall–Kier alpha value is -2.95. The molecule has 4 rings (SSSR count). The van der Waals surface area contributed by atoms with Crippen molar-refractivity contribution in [2.24, 2.45) is 5.41 Å². The molecule has 1 fully saturated rings. The molecule has 0 N–H and O–H groups in total. The third-order valence-corrected chi connectivity index (χ3v) is 7.46. The fourth-order valence-electron chi connectivity index (χ4n) is 5.27. The number of nitrogens with zero attached hydrogens (tertiary/aromatic N) is 1. The van der Waals surface area contributed by atoms with E-state index in [0.29, 0.717) is 26.4 Å². The Balaban J connectivity index is 1.58. The molecular weight excluding hydrogens is 446 g/mol. The van der Waals surface area contributed by atoms with Crippen LogP contribution in [0.4, 0.5) is 0 Å². The molecule has 0 atom stereocenters. The number of carbonyl (C=O) groups excluding carboxylic acids is 1. The molecule has 0 radical (unpaired) electrons. The van der Waals surface area contributed by atoms with Crippen molar-refractivity contribution in [1.82, 2.24) is 4.90 Å². The van der Waals surface area contributed by atoms with Gasteiger partial charge in [-0.2, -0.15) is 0 Å². The van der Waals surface area contributed by atoms with Crippen molar-refractivity contribution in [2.75, 3.05) is 27.3 Å². The van der Waals surface area contributed by atoms with Crippen LogP contribution in [0, 0.1) is 5.41 Å². The summed E-state index contributed by atoms with van der Waals surface area (Å²) >= 11 is 0. The van der Waals surface area contributed by atoms with Crippen molar-refractivity contribution < 1.29 is 14.3 Å². The zero-order chi connectivity index (χ0) is 25.5. The zero-order valence-corrected chi connectivity index (χ0v) is 22.2. The number of hydrogen-bond acceptors (Lipinski definition) is 3. The smallest absolute Gasteiger partial charge is 0.246 e. The van der Waals surface area contributed by atoms with Crippen LogP contribution >= 0.6 is 0 Å². The SMILES string of the molecule is CC1=C2CC(COCc3ccccc3)(COCc3ccccc3)CC2=C(C)/C(=C\C(=O)N(C)C)CC1. The van der Waals surface area contributed by atoms with Crippen molar-refractivity contribution in [1.29, 1.82) is 0 Å². The lowest BCUT2D eigenvalue weighted by molar-refractivity contribution is -0.123. The summed E-state index contributed by atoms with van der Waals surface area (Å²) in [6.07, 6.45) is 5.57. The van der Waals surface area contributed by atoms with Crippen LogP contribution in [0.3, 0.4) is 0 Å². The summed E-state index contributed by atoms with van der Waals surface area (Å²) in [7, 11) is 3.62. The highest BCUT2D eigenvalue weighted by Gasteiger charge is 2.42. The maximum Gasteiger partial charge on any atom is 0.246 e. The van der Waals surface area contributed by atoms with Crippen LogP contribution in [-0.2, 0) is 27.5 Å². The van der Waals surface area contributed by atoms with Gasteiger partial charge >= 0.3 is 0 Å². The number of carbonyl (C=O) groups is 1. The predicted molar refractivity (Wildman–Crippen MR) is 145 cm³/mol. The largest absolute Gasteiger partial charge is 0.376 e. The van der Waals surface area contributed by atoms with Gasteiger partial charge in [-0.3, -0.25) is 4.79 Å². The first-order chi connectivity index (χ1) is 17.4. The van der Waals surface area contributed by atoms with Gasteiger partial charge in [0.2, 0.25) is 5.91 Å². The van der Waals surface area contributed by atoms with Crippen molar-refractivity contribution in [2.45, 2.75) is 52.7 Å². The number of ether oxygens (including phenoxy) is 2. The molecule has 1 saturated carbocycles. The van der Waals surface area contributed by atoms with Crippen molar-refractivity contribution in [3.63, 3.8) is 0 Å². The predicted octanol–water partition coefficient (Wildman–Crippen LogP) is 6.64. The van der Waals surface area contributed by atoms with E-state index in [2.05, 4.69) is 62.4 Å². The minimum absolute atomic E-state index is 0.0488. The molecule has 2 aromatic carbocycles. The molecule has 0 aliphatic heterocycles. The summed E-state index contributed by atoms with van der Waals surface area (Å²) in [4.78, 5) is 14.1. The Morgan fingerprint density at radius 2 is 1.36 bits per heavy atom. The van der Waals surface area contributed by atoms with Gasteiger partial charge in [-0.05, 0) is 73.0 Å². The third kappa shape index (κ3) is 6.43. The first kappa shape index (κ1) is 26.1. The number of hydrogen-bond donors (Lipinski definition) is 0. The summed E-state index contributed by atoms with van der Waals surface area (Å²) in [5, 5.41) is 0. The minimum atomic E-state index is -0.120. The molecule has 0 spiro atoms. The average molecular weight is 486 g/mol. The summed E-state index contributed by atoms with van der Waals surface area (Å²) in [6.45, 7) is 6.92. The van der Waals surface area contributed by atoms with E-state index in [1.165, 1.54) is 33.4 Å². The van der Waals surface area contributed by atoms with E-state index < -0.39 is 0 Å². The Morgan fingerprint density at radius 3 is 1.89 bits per heavy atom. The Labute approximate surface area is 216 Å². The maximum absolute atomic E-state index is 12.5. The Bertz CT molecular complexity index is 1100. The van der Waals surface area contributed by atoms with Crippen LogP contribution in [0.2, 0.25) is 0 Å². The van der Waals surface area contributed by atoms with E-state index in [-0.39, 0.29) is 11.3 Å². The van der Waals surface area contributed by atoms with E-state index in [0.717, 1.165) is 31.3 Å². The third-order valence-electron chi connectivity index (χ3n) is 7.46. The highest BCUT2D eigenvalue weighted by molar-refractivity contribution is 5.88. The lowest BCUT2D eigenvalue weighted by Crippen LogP contribution is -2.29. The molecule has 0 aromatic heterocycles. The van der Waals surface area contributed by atoms with Gasteiger partial charge in [0.1, 0.15) is 0 Å². The number of amides is 1. The van der Waals surface area contributed by atoms with Gasteiger partial charge in [0, 0.05) is 25.6 Å². The van der Waals surface area contributed by atoms with E-state index in [9.17, 15) is 4.79 Å². The summed E-state index contributed by atoms with van der Waals surface area (Å²) in [6, 6.07) is 20.7. The normalized spacial score (nSPS) is 18.4. The van der Waals surface area contributed by atoms with Crippen molar-refractivity contribution >= 4 is 5.91 Å². The summed E-state index contributed by atoms with van der Waals surface area (Å²) in [5.41, 5.74) is 8.92. The standard InChI is InChI=1S/C32H39NO3/c1-24-15-16-28(17-31(34)33(3)4)25(2)30-19-32(18-29(24)30,22-35-20-26-11-7-5-8-12-26)23-36-21-27-13-9-6-10-14-27/h5-14,17H,15-16,18-23H2,1-4H3/b28-17-. The molecule has 190 valence electrons. The summed E-state index contributed by atoms with van der Waals surface area (Å²) < 4.78 is 12.7. The van der Waals surface area contributed by atoms with Gasteiger partial charge in [-0.25, -0.2) is 0 Å². The number of benzene rings is 2.